The van der Waals surface area contributed by atoms with Crippen LogP contribution in [0.25, 0.3) is 0 Å². The second kappa shape index (κ2) is 9.94. The lowest BCUT2D eigenvalue weighted by atomic mass is 10.0. The molecule has 0 spiro atoms. The van der Waals surface area contributed by atoms with Gasteiger partial charge >= 0.3 is 0 Å². The summed E-state index contributed by atoms with van der Waals surface area (Å²) in [6, 6.07) is 10.4. The Balaban J connectivity index is 1.42. The molecule has 2 aromatic carbocycles. The molecule has 2 aliphatic heterocycles. The smallest absolute Gasteiger partial charge is 0.227 e. The van der Waals surface area contributed by atoms with Crippen molar-refractivity contribution in [3.05, 3.63) is 64.7 Å². The van der Waals surface area contributed by atoms with Gasteiger partial charge in [0.1, 0.15) is 11.6 Å². The number of rotatable bonds is 6. The highest BCUT2D eigenvalue weighted by molar-refractivity contribution is 6.30. The lowest BCUT2D eigenvalue weighted by Crippen LogP contribution is -2.45. The Labute approximate surface area is 190 Å². The molecule has 4 rings (SSSR count). The van der Waals surface area contributed by atoms with Crippen LogP contribution in [0.1, 0.15) is 18.0 Å². The Morgan fingerprint density at radius 1 is 1.12 bits per heavy atom. The third-order valence-electron chi connectivity index (χ3n) is 5.87. The van der Waals surface area contributed by atoms with Gasteiger partial charge in [0.25, 0.3) is 0 Å². The van der Waals surface area contributed by atoms with E-state index in [1.54, 1.807) is 0 Å². The lowest BCUT2D eigenvalue weighted by Gasteiger charge is -2.35. The molecule has 2 saturated heterocycles. The van der Waals surface area contributed by atoms with Crippen molar-refractivity contribution in [1.82, 2.24) is 10.2 Å². The van der Waals surface area contributed by atoms with E-state index < -0.39 is 17.6 Å². The zero-order valence-corrected chi connectivity index (χ0v) is 18.2. The summed E-state index contributed by atoms with van der Waals surface area (Å²) in [5.41, 5.74) is 1.14. The fraction of sp³-hybridized carbons (Fsp3) is 0.391. The zero-order chi connectivity index (χ0) is 22.7. The van der Waals surface area contributed by atoms with E-state index in [4.69, 9.17) is 16.3 Å². The first-order chi connectivity index (χ1) is 15.4. The van der Waals surface area contributed by atoms with Crippen molar-refractivity contribution in [2.45, 2.75) is 12.5 Å². The van der Waals surface area contributed by atoms with Gasteiger partial charge < -0.3 is 15.0 Å². The molecule has 1 N–H and O–H groups in total. The average Bonchev–Trinajstić information content (AvgIpc) is 3.17. The molecular weight excluding hydrogens is 440 g/mol. The number of anilines is 1. The summed E-state index contributed by atoms with van der Waals surface area (Å²) in [5.74, 6) is -2.72. The quantitative estimate of drug-likeness (QED) is 0.715. The number of hydrogen-bond acceptors (Lipinski definition) is 4. The molecule has 0 bridgehead atoms. The fourth-order valence-electron chi connectivity index (χ4n) is 4.20. The summed E-state index contributed by atoms with van der Waals surface area (Å²) in [5, 5.41) is 3.60. The topological polar surface area (TPSA) is 61.9 Å². The molecule has 0 radical (unpaired) electrons. The standard InChI is InChI=1S/C23H24ClF2N3O3/c24-17-3-1-15(2-4-17)21(28-5-7-32-8-6-28)13-27-23(31)16-9-22(30)29(14-16)20-11-18(25)10-19(26)12-20/h1-4,10-12,16,21H,5-9,13-14H2,(H,27,31). The average molecular weight is 464 g/mol. The second-order valence-corrected chi connectivity index (χ2v) is 8.43. The third kappa shape index (κ3) is 5.26. The van der Waals surface area contributed by atoms with Crippen LogP contribution in [0.3, 0.4) is 0 Å². The van der Waals surface area contributed by atoms with Crippen molar-refractivity contribution < 1.29 is 23.1 Å². The van der Waals surface area contributed by atoms with Crippen LogP contribution >= 0.6 is 11.6 Å². The van der Waals surface area contributed by atoms with Crippen LogP contribution in [0.4, 0.5) is 14.5 Å². The molecule has 2 atom stereocenters. The van der Waals surface area contributed by atoms with Gasteiger partial charge in [0.05, 0.1) is 25.2 Å². The number of ether oxygens (including phenoxy) is 1. The monoisotopic (exact) mass is 463 g/mol. The molecule has 2 heterocycles. The van der Waals surface area contributed by atoms with E-state index in [1.165, 1.54) is 4.90 Å². The van der Waals surface area contributed by atoms with E-state index >= 15 is 0 Å². The molecule has 0 aromatic heterocycles. The van der Waals surface area contributed by atoms with Crippen LogP contribution in [0, 0.1) is 17.6 Å². The Kier molecular flexibility index (Phi) is 7.03. The maximum Gasteiger partial charge on any atom is 0.227 e. The number of halogens is 3. The minimum atomic E-state index is -0.767. The van der Waals surface area contributed by atoms with E-state index in [0.717, 1.165) is 36.9 Å². The molecular formula is C23H24ClF2N3O3. The Hall–Kier alpha value is -2.55. The first kappa shape index (κ1) is 22.6. The van der Waals surface area contributed by atoms with Gasteiger partial charge in [-0.15, -0.1) is 0 Å². The molecule has 9 heteroatoms. The highest BCUT2D eigenvalue weighted by Crippen LogP contribution is 2.27. The number of carbonyl (C=O) groups excluding carboxylic acids is 2. The van der Waals surface area contributed by atoms with E-state index in [0.29, 0.717) is 24.8 Å². The van der Waals surface area contributed by atoms with Gasteiger partial charge in [-0.1, -0.05) is 23.7 Å². The van der Waals surface area contributed by atoms with Crippen LogP contribution in [0.2, 0.25) is 5.02 Å². The molecule has 2 unspecified atom stereocenters. The van der Waals surface area contributed by atoms with Crippen molar-refractivity contribution in [3.8, 4) is 0 Å². The van der Waals surface area contributed by atoms with Gasteiger partial charge in [-0.3, -0.25) is 14.5 Å². The van der Waals surface area contributed by atoms with Crippen LogP contribution in [0.15, 0.2) is 42.5 Å². The third-order valence-corrected chi connectivity index (χ3v) is 6.12. The van der Waals surface area contributed by atoms with Crippen molar-refractivity contribution in [2.75, 3.05) is 44.3 Å². The minimum absolute atomic E-state index is 0.00681. The van der Waals surface area contributed by atoms with Crippen molar-refractivity contribution >= 4 is 29.1 Å². The van der Waals surface area contributed by atoms with Crippen LogP contribution in [-0.4, -0.2) is 56.1 Å². The van der Waals surface area contributed by atoms with Crippen molar-refractivity contribution in [1.29, 1.82) is 0 Å². The second-order valence-electron chi connectivity index (χ2n) is 7.99. The summed E-state index contributed by atoms with van der Waals surface area (Å²) in [6.45, 7) is 3.16. The highest BCUT2D eigenvalue weighted by atomic mass is 35.5. The first-order valence-corrected chi connectivity index (χ1v) is 10.9. The summed E-state index contributed by atoms with van der Waals surface area (Å²) in [4.78, 5) is 28.8. The predicted molar refractivity (Wildman–Crippen MR) is 116 cm³/mol. The number of amides is 2. The summed E-state index contributed by atoms with van der Waals surface area (Å²) in [7, 11) is 0. The van der Waals surface area contributed by atoms with Gasteiger partial charge in [-0.05, 0) is 29.8 Å². The van der Waals surface area contributed by atoms with Gasteiger partial charge in [0, 0.05) is 49.4 Å². The van der Waals surface area contributed by atoms with Crippen LogP contribution in [-0.2, 0) is 14.3 Å². The molecule has 0 saturated carbocycles. The molecule has 0 aliphatic carbocycles. The Morgan fingerprint density at radius 3 is 2.44 bits per heavy atom. The number of morpholine rings is 1. The maximum atomic E-state index is 13.6. The summed E-state index contributed by atoms with van der Waals surface area (Å²) < 4.78 is 32.6. The molecule has 2 aliphatic rings. The van der Waals surface area contributed by atoms with Crippen molar-refractivity contribution in [3.63, 3.8) is 0 Å². The predicted octanol–water partition coefficient (Wildman–Crippen LogP) is 3.16. The maximum absolute atomic E-state index is 13.6. The normalized spacial score (nSPS) is 20.4. The van der Waals surface area contributed by atoms with Crippen LogP contribution < -0.4 is 10.2 Å². The highest BCUT2D eigenvalue weighted by Gasteiger charge is 2.36. The van der Waals surface area contributed by atoms with Crippen LogP contribution in [0.5, 0.6) is 0 Å². The number of carbonyl (C=O) groups is 2. The number of benzene rings is 2. The van der Waals surface area contributed by atoms with Crippen molar-refractivity contribution in [2.24, 2.45) is 5.92 Å². The first-order valence-electron chi connectivity index (χ1n) is 10.5. The molecule has 2 fully saturated rings. The van der Waals surface area contributed by atoms with E-state index in [1.807, 2.05) is 24.3 Å². The largest absolute Gasteiger partial charge is 0.379 e. The fourth-order valence-corrected chi connectivity index (χ4v) is 4.33. The SMILES string of the molecule is O=C(NCC(c1ccc(Cl)cc1)N1CCOCC1)C1CC(=O)N(c2cc(F)cc(F)c2)C1. The summed E-state index contributed by atoms with van der Waals surface area (Å²) >= 11 is 6.03. The summed E-state index contributed by atoms with van der Waals surface area (Å²) in [6.07, 6.45) is -0.00681. The molecule has 170 valence electrons. The minimum Gasteiger partial charge on any atom is -0.379 e. The number of hydrogen-bond donors (Lipinski definition) is 1. The van der Waals surface area contributed by atoms with Gasteiger partial charge in [0.15, 0.2) is 0 Å². The lowest BCUT2D eigenvalue weighted by molar-refractivity contribution is -0.126. The Bertz CT molecular complexity index is 963. The van der Waals surface area contributed by atoms with E-state index in [9.17, 15) is 18.4 Å². The Morgan fingerprint density at radius 2 is 1.78 bits per heavy atom. The number of nitrogens with one attached hydrogen (secondary N) is 1. The van der Waals surface area contributed by atoms with Gasteiger partial charge in [-0.25, -0.2) is 8.78 Å². The molecule has 6 nitrogen and oxygen atoms in total. The zero-order valence-electron chi connectivity index (χ0n) is 17.4. The molecule has 32 heavy (non-hydrogen) atoms. The molecule has 2 aromatic rings. The molecule has 2 amide bonds. The van der Waals surface area contributed by atoms with Gasteiger partial charge in [-0.2, -0.15) is 0 Å². The van der Waals surface area contributed by atoms with E-state index in [-0.39, 0.29) is 36.5 Å². The van der Waals surface area contributed by atoms with E-state index in [2.05, 4.69) is 10.2 Å². The van der Waals surface area contributed by atoms with Gasteiger partial charge in [0.2, 0.25) is 11.8 Å². The number of nitrogens with zero attached hydrogens (tertiary/aromatic N) is 2.